The largest absolute Gasteiger partial charge is 0.351 e. The molecule has 4 aromatic rings. The highest BCUT2D eigenvalue weighted by Gasteiger charge is 2.38. The average molecular weight is 497 g/mol. The van der Waals surface area contributed by atoms with Gasteiger partial charge in [0.15, 0.2) is 17.0 Å². The Morgan fingerprint density at radius 3 is 2.19 bits per heavy atom. The van der Waals surface area contributed by atoms with E-state index in [1.807, 2.05) is 67.3 Å². The molecule has 2 aliphatic heterocycles. The molecular formula is C27H28N8O2. The predicted molar refractivity (Wildman–Crippen MR) is 140 cm³/mol. The lowest BCUT2D eigenvalue weighted by molar-refractivity contribution is -0.136. The lowest BCUT2D eigenvalue weighted by Crippen LogP contribution is -2.51. The van der Waals surface area contributed by atoms with E-state index in [9.17, 15) is 9.59 Å². The zero-order valence-corrected chi connectivity index (χ0v) is 20.9. The molecule has 2 aromatic heterocycles. The third-order valence-corrected chi connectivity index (χ3v) is 7.21. The van der Waals surface area contributed by atoms with Gasteiger partial charge >= 0.3 is 0 Å². The van der Waals surface area contributed by atoms with Gasteiger partial charge in [-0.2, -0.15) is 4.68 Å². The molecule has 4 heterocycles. The van der Waals surface area contributed by atoms with E-state index < -0.39 is 0 Å². The number of hydrogen-bond donors (Lipinski definition) is 0. The van der Waals surface area contributed by atoms with Gasteiger partial charge in [-0.1, -0.05) is 40.6 Å². The highest BCUT2D eigenvalue weighted by molar-refractivity contribution is 6.00. The van der Waals surface area contributed by atoms with Crippen LogP contribution in [0.3, 0.4) is 0 Å². The van der Waals surface area contributed by atoms with Crippen LogP contribution in [0.4, 0.5) is 11.5 Å². The van der Waals surface area contributed by atoms with Crippen LogP contribution in [-0.4, -0.2) is 74.4 Å². The number of anilines is 2. The number of nitrogens with zero attached hydrogens (tertiary/aromatic N) is 8. The summed E-state index contributed by atoms with van der Waals surface area (Å²) in [6.07, 6.45) is 1.79. The van der Waals surface area contributed by atoms with Crippen molar-refractivity contribution in [3.8, 4) is 5.69 Å². The lowest BCUT2D eigenvalue weighted by Gasteiger charge is -2.36. The summed E-state index contributed by atoms with van der Waals surface area (Å²) < 4.78 is 1.72. The maximum absolute atomic E-state index is 13.3. The van der Waals surface area contributed by atoms with E-state index >= 15 is 0 Å². The number of fused-ring (bicyclic) bond motifs is 1. The van der Waals surface area contributed by atoms with Gasteiger partial charge in [-0.15, -0.1) is 5.10 Å². The summed E-state index contributed by atoms with van der Waals surface area (Å²) in [6, 6.07) is 15.9. The van der Waals surface area contributed by atoms with Crippen LogP contribution < -0.4 is 9.80 Å². The van der Waals surface area contributed by atoms with Gasteiger partial charge in [0.2, 0.25) is 11.8 Å². The number of carbonyl (C=O) groups is 2. The van der Waals surface area contributed by atoms with Crippen molar-refractivity contribution in [3.05, 3.63) is 66.0 Å². The van der Waals surface area contributed by atoms with Crippen LogP contribution >= 0.6 is 0 Å². The Labute approximate surface area is 214 Å². The molecule has 188 valence electrons. The van der Waals surface area contributed by atoms with Crippen LogP contribution in [0.2, 0.25) is 0 Å². The number of amides is 2. The first-order chi connectivity index (χ1) is 18.0. The van der Waals surface area contributed by atoms with Crippen LogP contribution in [0, 0.1) is 19.8 Å². The minimum Gasteiger partial charge on any atom is -0.351 e. The van der Waals surface area contributed by atoms with Gasteiger partial charge in [-0.05, 0) is 38.1 Å². The molecule has 10 nitrogen and oxygen atoms in total. The SMILES string of the molecule is Cc1ccc(N2C[C@H](C(=O)N3CCN(c4ncnc5c4nnn5-c4ccc(C)cc4)CC3)CC2=O)cc1. The Morgan fingerprint density at radius 2 is 1.51 bits per heavy atom. The van der Waals surface area contributed by atoms with Crippen molar-refractivity contribution in [1.82, 2.24) is 29.9 Å². The van der Waals surface area contributed by atoms with Crippen molar-refractivity contribution in [2.75, 3.05) is 42.5 Å². The summed E-state index contributed by atoms with van der Waals surface area (Å²) in [5.41, 5.74) is 5.33. The van der Waals surface area contributed by atoms with Crippen molar-refractivity contribution in [2.24, 2.45) is 5.92 Å². The average Bonchev–Trinajstić information content (AvgIpc) is 3.53. The molecule has 0 saturated carbocycles. The van der Waals surface area contributed by atoms with Crippen LogP contribution in [0.15, 0.2) is 54.9 Å². The fraction of sp³-hybridized carbons (Fsp3) is 0.333. The quantitative estimate of drug-likeness (QED) is 0.428. The molecule has 2 amide bonds. The number of aromatic nitrogens is 5. The van der Waals surface area contributed by atoms with E-state index in [1.165, 1.54) is 11.9 Å². The minimum atomic E-state index is -0.319. The summed E-state index contributed by atoms with van der Waals surface area (Å²) in [6.45, 7) is 6.85. The standard InChI is InChI=1S/C27H28N8O2/c1-18-3-7-21(8-4-18)34-16-20(15-23(34)36)27(37)33-13-11-32(12-14-33)25-24-26(29-17-28-25)35(31-30-24)22-9-5-19(2)6-10-22/h3-10,17,20H,11-16H2,1-2H3/t20-/m1/s1. The van der Waals surface area contributed by atoms with E-state index in [-0.39, 0.29) is 24.2 Å². The van der Waals surface area contributed by atoms with Gasteiger partial charge < -0.3 is 14.7 Å². The molecule has 37 heavy (non-hydrogen) atoms. The van der Waals surface area contributed by atoms with Gasteiger partial charge in [0, 0.05) is 44.8 Å². The first-order valence-corrected chi connectivity index (χ1v) is 12.5. The molecule has 2 saturated heterocycles. The number of rotatable bonds is 4. The molecule has 0 radical (unpaired) electrons. The van der Waals surface area contributed by atoms with Crippen LogP contribution in [0.5, 0.6) is 0 Å². The van der Waals surface area contributed by atoms with Crippen molar-refractivity contribution in [2.45, 2.75) is 20.3 Å². The van der Waals surface area contributed by atoms with Gasteiger partial charge in [-0.25, -0.2) is 9.97 Å². The smallest absolute Gasteiger partial charge is 0.228 e. The van der Waals surface area contributed by atoms with Crippen LogP contribution in [0.25, 0.3) is 16.9 Å². The molecular weight excluding hydrogens is 468 g/mol. The Balaban J connectivity index is 1.13. The van der Waals surface area contributed by atoms with Gasteiger partial charge in [0.1, 0.15) is 6.33 Å². The number of hydrogen-bond acceptors (Lipinski definition) is 7. The molecule has 10 heteroatoms. The van der Waals surface area contributed by atoms with E-state index in [4.69, 9.17) is 0 Å². The predicted octanol–water partition coefficient (Wildman–Crippen LogP) is 2.53. The molecule has 0 N–H and O–H groups in total. The van der Waals surface area contributed by atoms with Crippen LogP contribution in [0.1, 0.15) is 17.5 Å². The Morgan fingerprint density at radius 1 is 0.865 bits per heavy atom. The van der Waals surface area contributed by atoms with Gasteiger partial charge in [0.05, 0.1) is 11.6 Å². The maximum atomic E-state index is 13.3. The molecule has 1 atom stereocenters. The van der Waals surface area contributed by atoms with Crippen molar-refractivity contribution < 1.29 is 9.59 Å². The molecule has 0 unspecified atom stereocenters. The third-order valence-electron chi connectivity index (χ3n) is 7.21. The molecule has 2 fully saturated rings. The topological polar surface area (TPSA) is 100 Å². The molecule has 0 bridgehead atoms. The lowest BCUT2D eigenvalue weighted by atomic mass is 10.1. The highest BCUT2D eigenvalue weighted by atomic mass is 16.2. The fourth-order valence-corrected chi connectivity index (χ4v) is 5.07. The Bertz CT molecular complexity index is 1460. The molecule has 0 spiro atoms. The zero-order valence-electron chi connectivity index (χ0n) is 20.9. The first-order valence-electron chi connectivity index (χ1n) is 12.5. The summed E-state index contributed by atoms with van der Waals surface area (Å²) >= 11 is 0. The summed E-state index contributed by atoms with van der Waals surface area (Å²) in [5, 5.41) is 8.71. The minimum absolute atomic E-state index is 0.000815. The Kier molecular flexibility index (Phi) is 5.78. The van der Waals surface area contributed by atoms with E-state index in [1.54, 1.807) is 9.58 Å². The molecule has 6 rings (SSSR count). The number of carbonyl (C=O) groups excluding carboxylic acids is 2. The van der Waals surface area contributed by atoms with Crippen molar-refractivity contribution >= 4 is 34.5 Å². The van der Waals surface area contributed by atoms with E-state index in [0.717, 1.165) is 22.8 Å². The zero-order chi connectivity index (χ0) is 25.5. The van der Waals surface area contributed by atoms with Gasteiger partial charge in [0.25, 0.3) is 0 Å². The van der Waals surface area contributed by atoms with Gasteiger partial charge in [-0.3, -0.25) is 9.59 Å². The normalized spacial score (nSPS) is 18.2. The number of aryl methyl sites for hydroxylation is 2. The maximum Gasteiger partial charge on any atom is 0.228 e. The summed E-state index contributed by atoms with van der Waals surface area (Å²) in [7, 11) is 0. The Hall–Kier alpha value is -4.34. The fourth-order valence-electron chi connectivity index (χ4n) is 5.07. The second-order valence-corrected chi connectivity index (χ2v) is 9.76. The second kappa shape index (κ2) is 9.27. The third kappa shape index (κ3) is 4.28. The first kappa shape index (κ1) is 23.1. The van der Waals surface area contributed by atoms with E-state index in [2.05, 4.69) is 25.2 Å². The summed E-state index contributed by atoms with van der Waals surface area (Å²) in [5.74, 6) is 0.444. The number of benzene rings is 2. The second-order valence-electron chi connectivity index (χ2n) is 9.76. The van der Waals surface area contributed by atoms with E-state index in [0.29, 0.717) is 43.9 Å². The summed E-state index contributed by atoms with van der Waals surface area (Å²) in [4.78, 5) is 40.6. The molecule has 2 aliphatic rings. The van der Waals surface area contributed by atoms with Crippen molar-refractivity contribution in [1.29, 1.82) is 0 Å². The van der Waals surface area contributed by atoms with Crippen LogP contribution in [-0.2, 0) is 9.59 Å². The highest BCUT2D eigenvalue weighted by Crippen LogP contribution is 2.28. The molecule has 0 aliphatic carbocycles. The monoisotopic (exact) mass is 496 g/mol. The number of piperazine rings is 1. The molecule has 2 aromatic carbocycles. The van der Waals surface area contributed by atoms with Crippen molar-refractivity contribution in [3.63, 3.8) is 0 Å².